The van der Waals surface area contributed by atoms with Crippen LogP contribution in [0.1, 0.15) is 23.0 Å². The van der Waals surface area contributed by atoms with E-state index >= 15 is 0 Å². The van der Waals surface area contributed by atoms with Crippen molar-refractivity contribution in [3.63, 3.8) is 0 Å². The number of benzene rings is 2. The minimum absolute atomic E-state index is 0.483. The number of hydrogen-bond acceptors (Lipinski definition) is 2. The van der Waals surface area contributed by atoms with Gasteiger partial charge in [-0.05, 0) is 11.1 Å². The minimum atomic E-state index is -1.15. The zero-order valence-electron chi connectivity index (χ0n) is 10.6. The lowest BCUT2D eigenvalue weighted by atomic mass is 9.81. The highest BCUT2D eigenvalue weighted by Crippen LogP contribution is 2.33. The number of aliphatic carboxylic acids is 2. The summed E-state index contributed by atoms with van der Waals surface area (Å²) >= 11 is 0. The van der Waals surface area contributed by atoms with Crippen molar-refractivity contribution >= 4 is 11.9 Å². The van der Waals surface area contributed by atoms with Crippen LogP contribution in [0, 0.1) is 0 Å². The molecule has 4 nitrogen and oxygen atoms in total. The van der Waals surface area contributed by atoms with Gasteiger partial charge < -0.3 is 10.2 Å². The van der Waals surface area contributed by atoms with E-state index in [2.05, 4.69) is 0 Å². The summed E-state index contributed by atoms with van der Waals surface area (Å²) in [5, 5.41) is 18.9. The van der Waals surface area contributed by atoms with Crippen molar-refractivity contribution in [3.8, 4) is 0 Å². The zero-order valence-corrected chi connectivity index (χ0v) is 10.6. The topological polar surface area (TPSA) is 74.6 Å². The third-order valence-electron chi connectivity index (χ3n) is 3.18. The van der Waals surface area contributed by atoms with Crippen LogP contribution in [0.25, 0.3) is 0 Å². The fourth-order valence-corrected chi connectivity index (χ4v) is 2.28. The number of carbonyl (C=O) groups is 2. The lowest BCUT2D eigenvalue weighted by Crippen LogP contribution is -2.26. The summed E-state index contributed by atoms with van der Waals surface area (Å²) < 4.78 is 0. The molecule has 0 saturated heterocycles. The summed E-state index contributed by atoms with van der Waals surface area (Å²) in [7, 11) is 0. The lowest BCUT2D eigenvalue weighted by Gasteiger charge is -2.21. The van der Waals surface area contributed by atoms with Gasteiger partial charge in [-0.3, -0.25) is 9.59 Å². The Bertz CT molecular complexity index is 537. The van der Waals surface area contributed by atoms with Crippen LogP contribution in [0.2, 0.25) is 0 Å². The Balaban J connectivity index is 2.50. The average Bonchev–Trinajstić information content (AvgIpc) is 2.45. The molecule has 0 saturated carbocycles. The molecule has 0 aromatic heterocycles. The van der Waals surface area contributed by atoms with Crippen molar-refractivity contribution in [2.75, 3.05) is 0 Å². The van der Waals surface area contributed by atoms with E-state index in [-0.39, 0.29) is 0 Å². The predicted molar refractivity (Wildman–Crippen MR) is 73.6 cm³/mol. The van der Waals surface area contributed by atoms with Crippen LogP contribution in [-0.4, -0.2) is 22.2 Å². The van der Waals surface area contributed by atoms with Crippen LogP contribution in [0.15, 0.2) is 60.7 Å². The standard InChI is InChI=1S/C16H14O4/c17-15(18)13(11-7-3-1-4-8-11)14(16(19)20)12-9-5-2-6-10-12/h1-10,13-14H,(H,17,18)(H,19,20)/t13-,14+. The fourth-order valence-electron chi connectivity index (χ4n) is 2.28. The molecule has 0 amide bonds. The highest BCUT2D eigenvalue weighted by atomic mass is 16.4. The fraction of sp³-hybridized carbons (Fsp3) is 0.125. The van der Waals surface area contributed by atoms with Crippen LogP contribution >= 0.6 is 0 Å². The highest BCUT2D eigenvalue weighted by Gasteiger charge is 2.36. The van der Waals surface area contributed by atoms with E-state index in [0.29, 0.717) is 11.1 Å². The first-order valence-corrected chi connectivity index (χ1v) is 6.16. The monoisotopic (exact) mass is 270 g/mol. The van der Waals surface area contributed by atoms with Gasteiger partial charge in [0.25, 0.3) is 0 Å². The molecule has 0 spiro atoms. The Morgan fingerprint density at radius 2 is 0.950 bits per heavy atom. The summed E-state index contributed by atoms with van der Waals surface area (Å²) in [6.07, 6.45) is 0. The van der Waals surface area contributed by atoms with Crippen LogP contribution in [0.5, 0.6) is 0 Å². The Morgan fingerprint density at radius 1 is 0.650 bits per heavy atom. The Labute approximate surface area is 116 Å². The summed E-state index contributed by atoms with van der Waals surface area (Å²) in [5.41, 5.74) is 0.965. The van der Waals surface area contributed by atoms with E-state index in [1.54, 1.807) is 60.7 Å². The maximum absolute atomic E-state index is 11.6. The Morgan fingerprint density at radius 3 is 1.20 bits per heavy atom. The summed E-state index contributed by atoms with van der Waals surface area (Å²) in [6.45, 7) is 0. The number of hydrogen-bond donors (Lipinski definition) is 2. The highest BCUT2D eigenvalue weighted by molar-refractivity contribution is 5.88. The van der Waals surface area contributed by atoms with Gasteiger partial charge in [0, 0.05) is 0 Å². The molecule has 0 radical (unpaired) electrons. The lowest BCUT2D eigenvalue weighted by molar-refractivity contribution is -0.147. The van der Waals surface area contributed by atoms with E-state index in [1.165, 1.54) is 0 Å². The van der Waals surface area contributed by atoms with Crippen molar-refractivity contribution in [2.45, 2.75) is 11.8 Å². The predicted octanol–water partition coefficient (Wildman–Crippen LogP) is 2.72. The van der Waals surface area contributed by atoms with E-state index in [0.717, 1.165) is 0 Å². The molecule has 0 aliphatic carbocycles. The maximum atomic E-state index is 11.6. The average molecular weight is 270 g/mol. The van der Waals surface area contributed by atoms with Crippen LogP contribution in [-0.2, 0) is 9.59 Å². The van der Waals surface area contributed by atoms with Gasteiger partial charge in [-0.25, -0.2) is 0 Å². The number of rotatable bonds is 5. The van der Waals surface area contributed by atoms with Gasteiger partial charge in [0.15, 0.2) is 0 Å². The van der Waals surface area contributed by atoms with Gasteiger partial charge in [-0.1, -0.05) is 60.7 Å². The van der Waals surface area contributed by atoms with E-state index in [4.69, 9.17) is 0 Å². The molecule has 2 aromatic rings. The first-order chi connectivity index (χ1) is 9.61. The molecule has 0 bridgehead atoms. The van der Waals surface area contributed by atoms with Gasteiger partial charge in [-0.2, -0.15) is 0 Å². The Hall–Kier alpha value is -2.62. The first kappa shape index (κ1) is 13.8. The van der Waals surface area contributed by atoms with Crippen molar-refractivity contribution in [1.29, 1.82) is 0 Å². The smallest absolute Gasteiger partial charge is 0.312 e. The second-order valence-electron chi connectivity index (χ2n) is 4.45. The second kappa shape index (κ2) is 6.02. The molecule has 0 fully saturated rings. The molecule has 0 aliphatic rings. The second-order valence-corrected chi connectivity index (χ2v) is 4.45. The third-order valence-corrected chi connectivity index (χ3v) is 3.18. The quantitative estimate of drug-likeness (QED) is 0.876. The molecule has 0 aliphatic heterocycles. The van der Waals surface area contributed by atoms with E-state index < -0.39 is 23.8 Å². The number of carboxylic acids is 2. The number of carboxylic acid groups (broad SMARTS) is 2. The van der Waals surface area contributed by atoms with Gasteiger partial charge in [-0.15, -0.1) is 0 Å². The molecule has 102 valence electrons. The summed E-state index contributed by atoms with van der Waals surface area (Å²) in [4.78, 5) is 23.1. The van der Waals surface area contributed by atoms with Gasteiger partial charge in [0.05, 0.1) is 11.8 Å². The maximum Gasteiger partial charge on any atom is 0.312 e. The van der Waals surface area contributed by atoms with Gasteiger partial charge in [0.2, 0.25) is 0 Å². The molecule has 20 heavy (non-hydrogen) atoms. The summed E-state index contributed by atoms with van der Waals surface area (Å²) in [5.74, 6) is -4.52. The van der Waals surface area contributed by atoms with E-state index in [1.807, 2.05) is 0 Å². The van der Waals surface area contributed by atoms with Crippen LogP contribution < -0.4 is 0 Å². The SMILES string of the molecule is O=C(O)[C@H](c1ccccc1)[C@@H](C(=O)O)c1ccccc1. The van der Waals surface area contributed by atoms with Crippen molar-refractivity contribution in [2.24, 2.45) is 0 Å². The summed E-state index contributed by atoms with van der Waals surface area (Å²) in [6, 6.07) is 16.9. The van der Waals surface area contributed by atoms with Crippen molar-refractivity contribution in [1.82, 2.24) is 0 Å². The molecule has 0 unspecified atom stereocenters. The molecule has 2 rings (SSSR count). The first-order valence-electron chi connectivity index (χ1n) is 6.16. The van der Waals surface area contributed by atoms with Gasteiger partial charge >= 0.3 is 11.9 Å². The minimum Gasteiger partial charge on any atom is -0.481 e. The molecule has 0 heterocycles. The van der Waals surface area contributed by atoms with Crippen molar-refractivity contribution < 1.29 is 19.8 Å². The largest absolute Gasteiger partial charge is 0.481 e. The normalized spacial score (nSPS) is 13.4. The molecule has 2 N–H and O–H groups in total. The van der Waals surface area contributed by atoms with Gasteiger partial charge in [0.1, 0.15) is 0 Å². The molecular formula is C16H14O4. The Kier molecular flexibility index (Phi) is 4.15. The molecule has 2 atom stereocenters. The molecule has 2 aromatic carbocycles. The van der Waals surface area contributed by atoms with Crippen molar-refractivity contribution in [3.05, 3.63) is 71.8 Å². The van der Waals surface area contributed by atoms with Crippen LogP contribution in [0.4, 0.5) is 0 Å². The molecular weight excluding hydrogens is 256 g/mol. The van der Waals surface area contributed by atoms with Crippen LogP contribution in [0.3, 0.4) is 0 Å². The van der Waals surface area contributed by atoms with E-state index in [9.17, 15) is 19.8 Å². The zero-order chi connectivity index (χ0) is 14.5. The molecule has 4 heteroatoms. The third kappa shape index (κ3) is 2.85.